The summed E-state index contributed by atoms with van der Waals surface area (Å²) in [5, 5.41) is 3.38. The fourth-order valence-electron chi connectivity index (χ4n) is 1.93. The zero-order valence-electron chi connectivity index (χ0n) is 12.0. The first-order chi connectivity index (χ1) is 10.2. The first kappa shape index (κ1) is 16.0. The minimum atomic E-state index is -0.428. The van der Waals surface area contributed by atoms with E-state index in [1.54, 1.807) is 12.1 Å². The molecule has 0 spiro atoms. The summed E-state index contributed by atoms with van der Waals surface area (Å²) in [6.45, 7) is 5.03. The molecule has 21 heavy (non-hydrogen) atoms. The maximum atomic E-state index is 13.1. The van der Waals surface area contributed by atoms with Crippen LogP contribution in [0.5, 0.6) is 0 Å². The highest BCUT2D eigenvalue weighted by Crippen LogP contribution is 2.26. The Bertz CT molecular complexity index is 571. The van der Waals surface area contributed by atoms with Gasteiger partial charge < -0.3 is 14.5 Å². The predicted octanol–water partition coefficient (Wildman–Crippen LogP) is 4.26. The quantitative estimate of drug-likeness (QED) is 0.740. The van der Waals surface area contributed by atoms with Crippen LogP contribution in [0.4, 0.5) is 4.39 Å². The van der Waals surface area contributed by atoms with Gasteiger partial charge in [-0.25, -0.2) is 4.39 Å². The first-order valence-electron chi connectivity index (χ1n) is 7.03. The maximum Gasteiger partial charge on any atom is 0.141 e. The highest BCUT2D eigenvalue weighted by molar-refractivity contribution is 6.31. The van der Waals surface area contributed by atoms with Crippen LogP contribution < -0.4 is 5.32 Å². The monoisotopic (exact) mass is 311 g/mol. The minimum absolute atomic E-state index is 0.0968. The highest BCUT2D eigenvalue weighted by Gasteiger charge is 2.07. The number of ether oxygens (including phenoxy) is 1. The number of furan rings is 1. The van der Waals surface area contributed by atoms with Gasteiger partial charge in [-0.3, -0.25) is 0 Å². The summed E-state index contributed by atoms with van der Waals surface area (Å²) in [7, 11) is 0. The molecule has 0 fully saturated rings. The summed E-state index contributed by atoms with van der Waals surface area (Å²) in [6.07, 6.45) is 0.967. The van der Waals surface area contributed by atoms with E-state index in [1.807, 2.05) is 19.1 Å². The number of benzene rings is 1. The van der Waals surface area contributed by atoms with Crippen molar-refractivity contribution in [3.63, 3.8) is 0 Å². The van der Waals surface area contributed by atoms with E-state index in [0.717, 1.165) is 37.5 Å². The molecule has 0 bridgehead atoms. The summed E-state index contributed by atoms with van der Waals surface area (Å²) < 4.78 is 24.1. The molecule has 0 atom stereocenters. The van der Waals surface area contributed by atoms with Gasteiger partial charge in [0.2, 0.25) is 0 Å². The molecule has 0 saturated heterocycles. The van der Waals surface area contributed by atoms with E-state index in [-0.39, 0.29) is 5.02 Å². The van der Waals surface area contributed by atoms with Gasteiger partial charge in [0.25, 0.3) is 0 Å². The molecule has 2 rings (SSSR count). The average molecular weight is 312 g/mol. The van der Waals surface area contributed by atoms with Gasteiger partial charge in [-0.05, 0) is 50.2 Å². The Balaban J connectivity index is 1.85. The van der Waals surface area contributed by atoms with Crippen molar-refractivity contribution in [2.24, 2.45) is 0 Å². The van der Waals surface area contributed by atoms with Gasteiger partial charge in [0, 0.05) is 18.8 Å². The Kier molecular flexibility index (Phi) is 6.23. The van der Waals surface area contributed by atoms with E-state index in [0.29, 0.717) is 12.3 Å². The zero-order valence-corrected chi connectivity index (χ0v) is 12.8. The van der Waals surface area contributed by atoms with Crippen LogP contribution in [0, 0.1) is 5.82 Å². The van der Waals surface area contributed by atoms with Crippen molar-refractivity contribution in [2.75, 3.05) is 19.8 Å². The Morgan fingerprint density at radius 3 is 2.90 bits per heavy atom. The summed E-state index contributed by atoms with van der Waals surface area (Å²) in [5.41, 5.74) is 0.768. The topological polar surface area (TPSA) is 34.4 Å². The molecule has 0 aliphatic heterocycles. The average Bonchev–Trinajstić information content (AvgIpc) is 2.94. The fraction of sp³-hybridized carbons (Fsp3) is 0.375. The SMILES string of the molecule is CCOCCCNCc1ccc(-c2ccc(F)c(Cl)c2)o1. The Morgan fingerprint density at radius 2 is 2.14 bits per heavy atom. The van der Waals surface area contributed by atoms with Gasteiger partial charge in [0.1, 0.15) is 17.3 Å². The van der Waals surface area contributed by atoms with Crippen molar-refractivity contribution in [3.05, 3.63) is 46.9 Å². The number of halogens is 2. The molecule has 1 aromatic carbocycles. The molecule has 5 heteroatoms. The summed E-state index contributed by atoms with van der Waals surface area (Å²) in [4.78, 5) is 0. The summed E-state index contributed by atoms with van der Waals surface area (Å²) in [6, 6.07) is 8.32. The van der Waals surface area contributed by atoms with Crippen LogP contribution >= 0.6 is 11.6 Å². The molecule has 114 valence electrons. The second-order valence-electron chi connectivity index (χ2n) is 4.62. The Morgan fingerprint density at radius 1 is 1.29 bits per heavy atom. The molecule has 0 aliphatic rings. The van der Waals surface area contributed by atoms with Crippen LogP contribution in [0.1, 0.15) is 19.1 Å². The molecule has 0 radical (unpaired) electrons. The second-order valence-corrected chi connectivity index (χ2v) is 5.03. The first-order valence-corrected chi connectivity index (χ1v) is 7.41. The van der Waals surface area contributed by atoms with Gasteiger partial charge in [-0.15, -0.1) is 0 Å². The van der Waals surface area contributed by atoms with Crippen molar-refractivity contribution in [3.8, 4) is 11.3 Å². The van der Waals surface area contributed by atoms with Gasteiger partial charge in [-0.1, -0.05) is 11.6 Å². The normalized spacial score (nSPS) is 11.0. The van der Waals surface area contributed by atoms with E-state index < -0.39 is 5.82 Å². The molecule has 0 aliphatic carbocycles. The van der Waals surface area contributed by atoms with Gasteiger partial charge in [0.15, 0.2) is 0 Å². The largest absolute Gasteiger partial charge is 0.460 e. The summed E-state index contributed by atoms with van der Waals surface area (Å²) >= 11 is 5.77. The lowest BCUT2D eigenvalue weighted by atomic mass is 10.2. The van der Waals surface area contributed by atoms with Crippen LogP contribution in [0.2, 0.25) is 5.02 Å². The van der Waals surface area contributed by atoms with Crippen LogP contribution in [-0.2, 0) is 11.3 Å². The van der Waals surface area contributed by atoms with E-state index >= 15 is 0 Å². The van der Waals surface area contributed by atoms with Crippen molar-refractivity contribution in [1.29, 1.82) is 0 Å². The van der Waals surface area contributed by atoms with Crippen LogP contribution in [-0.4, -0.2) is 19.8 Å². The van der Waals surface area contributed by atoms with Gasteiger partial charge in [-0.2, -0.15) is 0 Å². The molecular formula is C16H19ClFNO2. The Hall–Kier alpha value is -1.36. The van der Waals surface area contributed by atoms with Crippen molar-refractivity contribution in [1.82, 2.24) is 5.32 Å². The van der Waals surface area contributed by atoms with E-state index in [2.05, 4.69) is 5.32 Å². The zero-order chi connectivity index (χ0) is 15.1. The van der Waals surface area contributed by atoms with Crippen LogP contribution in [0.15, 0.2) is 34.7 Å². The molecule has 2 aromatic rings. The molecular weight excluding hydrogens is 293 g/mol. The smallest absolute Gasteiger partial charge is 0.141 e. The van der Waals surface area contributed by atoms with Crippen molar-refractivity contribution >= 4 is 11.6 Å². The lowest BCUT2D eigenvalue weighted by Crippen LogP contribution is -2.15. The molecule has 0 saturated carbocycles. The van der Waals surface area contributed by atoms with Gasteiger partial charge in [0.05, 0.1) is 11.6 Å². The maximum absolute atomic E-state index is 13.1. The third kappa shape index (κ3) is 4.84. The van der Waals surface area contributed by atoms with Crippen molar-refractivity contribution < 1.29 is 13.5 Å². The molecule has 1 aromatic heterocycles. The van der Waals surface area contributed by atoms with E-state index in [9.17, 15) is 4.39 Å². The lowest BCUT2D eigenvalue weighted by Gasteiger charge is -2.03. The molecule has 1 N–H and O–H groups in total. The number of nitrogens with one attached hydrogen (secondary N) is 1. The number of hydrogen-bond acceptors (Lipinski definition) is 3. The third-order valence-corrected chi connectivity index (χ3v) is 3.30. The van der Waals surface area contributed by atoms with Gasteiger partial charge >= 0.3 is 0 Å². The van der Waals surface area contributed by atoms with Crippen molar-refractivity contribution in [2.45, 2.75) is 19.9 Å². The number of hydrogen-bond donors (Lipinski definition) is 1. The fourth-order valence-corrected chi connectivity index (χ4v) is 2.11. The predicted molar refractivity (Wildman–Crippen MR) is 81.9 cm³/mol. The van der Waals surface area contributed by atoms with E-state index in [1.165, 1.54) is 6.07 Å². The summed E-state index contributed by atoms with van der Waals surface area (Å²) in [5.74, 6) is 1.09. The minimum Gasteiger partial charge on any atom is -0.460 e. The third-order valence-electron chi connectivity index (χ3n) is 3.01. The van der Waals surface area contributed by atoms with Crippen LogP contribution in [0.25, 0.3) is 11.3 Å². The molecule has 1 heterocycles. The molecule has 3 nitrogen and oxygen atoms in total. The molecule has 0 amide bonds. The van der Waals surface area contributed by atoms with Crippen LogP contribution in [0.3, 0.4) is 0 Å². The Labute approximate surface area is 129 Å². The lowest BCUT2D eigenvalue weighted by molar-refractivity contribution is 0.144. The number of rotatable bonds is 8. The second kappa shape index (κ2) is 8.17. The highest BCUT2D eigenvalue weighted by atomic mass is 35.5. The van der Waals surface area contributed by atoms with E-state index in [4.69, 9.17) is 20.8 Å². The standard InChI is InChI=1S/C16H19ClFNO2/c1-2-20-9-3-8-19-11-13-5-7-16(21-13)12-4-6-15(18)14(17)10-12/h4-7,10,19H,2-3,8-9,11H2,1H3. The molecule has 0 unspecified atom stereocenters.